The minimum atomic E-state index is -4.50. The van der Waals surface area contributed by atoms with Crippen molar-refractivity contribution in [3.63, 3.8) is 0 Å². The summed E-state index contributed by atoms with van der Waals surface area (Å²) in [6.45, 7) is 3.92. The van der Waals surface area contributed by atoms with Gasteiger partial charge in [-0.25, -0.2) is 4.99 Å². The number of halogens is 3. The van der Waals surface area contributed by atoms with E-state index in [9.17, 15) is 27.6 Å². The number of likely N-dealkylation sites (N-methyl/N-ethyl adjacent to an activating group) is 1. The second-order valence-electron chi connectivity index (χ2n) is 10.8. The lowest BCUT2D eigenvalue weighted by atomic mass is 9.69. The van der Waals surface area contributed by atoms with Crippen molar-refractivity contribution in [2.45, 2.75) is 58.3 Å². The van der Waals surface area contributed by atoms with Crippen LogP contribution in [0.5, 0.6) is 0 Å². The summed E-state index contributed by atoms with van der Waals surface area (Å²) in [7, 11) is 1.47. The van der Waals surface area contributed by atoms with E-state index in [1.54, 1.807) is 24.3 Å². The first-order valence-corrected chi connectivity index (χ1v) is 13.1. The van der Waals surface area contributed by atoms with E-state index in [1.807, 2.05) is 13.8 Å². The smallest absolute Gasteiger partial charge is 0.369 e. The Hall–Kier alpha value is -3.69. The fourth-order valence-electron chi connectivity index (χ4n) is 5.73. The first kappa shape index (κ1) is 28.3. The SMILES string of the molecule is CC(C)CC(C(=O)N(C)C1N=C(c2ccc(C(F)(F)F)cc2)c2ccccc2NC1=O)C1(C(N)=O)CCCC1. The van der Waals surface area contributed by atoms with Crippen molar-refractivity contribution in [2.24, 2.45) is 28.0 Å². The molecule has 2 aromatic carbocycles. The number of benzodiazepines with no additional fused rings is 1. The van der Waals surface area contributed by atoms with Gasteiger partial charge in [-0.2, -0.15) is 13.2 Å². The summed E-state index contributed by atoms with van der Waals surface area (Å²) >= 11 is 0. The number of benzene rings is 2. The number of nitrogens with two attached hydrogens (primary N) is 1. The van der Waals surface area contributed by atoms with Crippen LogP contribution in [0.25, 0.3) is 0 Å². The number of carbonyl (C=O) groups excluding carboxylic acids is 3. The van der Waals surface area contributed by atoms with Gasteiger partial charge in [0.1, 0.15) is 0 Å². The second kappa shape index (κ2) is 10.8. The summed E-state index contributed by atoms with van der Waals surface area (Å²) in [5.41, 5.74) is 5.64. The molecule has 0 saturated heterocycles. The number of anilines is 1. The van der Waals surface area contributed by atoms with Crippen molar-refractivity contribution >= 4 is 29.1 Å². The highest BCUT2D eigenvalue weighted by molar-refractivity contribution is 6.19. The molecule has 1 aliphatic carbocycles. The number of nitrogens with one attached hydrogen (secondary N) is 1. The van der Waals surface area contributed by atoms with E-state index in [0.717, 1.165) is 25.0 Å². The second-order valence-corrected chi connectivity index (χ2v) is 10.8. The minimum absolute atomic E-state index is 0.0857. The molecule has 0 spiro atoms. The fourth-order valence-corrected chi connectivity index (χ4v) is 5.73. The van der Waals surface area contributed by atoms with Crippen LogP contribution in [0.15, 0.2) is 53.5 Å². The number of hydrogen-bond acceptors (Lipinski definition) is 4. The van der Waals surface area contributed by atoms with E-state index in [1.165, 1.54) is 24.1 Å². The molecule has 0 aromatic heterocycles. The Morgan fingerprint density at radius 1 is 1.10 bits per heavy atom. The highest BCUT2D eigenvalue weighted by Crippen LogP contribution is 2.47. The summed E-state index contributed by atoms with van der Waals surface area (Å²) in [4.78, 5) is 46.1. The van der Waals surface area contributed by atoms with E-state index in [0.29, 0.717) is 36.1 Å². The molecular weight excluding hydrogens is 509 g/mol. The number of carbonyl (C=O) groups is 3. The van der Waals surface area contributed by atoms with Gasteiger partial charge < -0.3 is 16.0 Å². The Kier molecular flexibility index (Phi) is 7.86. The molecule has 1 aliphatic heterocycles. The lowest BCUT2D eigenvalue weighted by Crippen LogP contribution is -2.53. The van der Waals surface area contributed by atoms with Gasteiger partial charge in [0.2, 0.25) is 18.0 Å². The van der Waals surface area contributed by atoms with E-state index >= 15 is 0 Å². The lowest BCUT2D eigenvalue weighted by molar-refractivity contribution is -0.150. The maximum absolute atomic E-state index is 14.0. The molecule has 1 saturated carbocycles. The molecule has 2 unspecified atom stereocenters. The molecular formula is C29H33F3N4O3. The predicted octanol–water partition coefficient (Wildman–Crippen LogP) is 4.99. The fraction of sp³-hybridized carbons (Fsp3) is 0.448. The third kappa shape index (κ3) is 5.55. The summed E-state index contributed by atoms with van der Waals surface area (Å²) < 4.78 is 39.6. The Labute approximate surface area is 225 Å². The molecule has 39 heavy (non-hydrogen) atoms. The summed E-state index contributed by atoms with van der Waals surface area (Å²) in [6.07, 6.45) is -2.84. The normalized spacial score (nSPS) is 19.5. The molecule has 4 rings (SSSR count). The molecule has 0 bridgehead atoms. The number of amides is 3. The van der Waals surface area contributed by atoms with Gasteiger partial charge in [0.15, 0.2) is 0 Å². The standard InChI is InChI=1S/C29H33F3N4O3/c1-17(2)16-21(28(27(33)39)14-6-7-15-28)26(38)36(3)24-25(37)34-22-9-5-4-8-20(22)23(35-24)18-10-12-19(13-11-18)29(30,31)32/h4-5,8-13,17,21,24H,6-7,14-16H2,1-3H3,(H2,33,39)(H,34,37). The molecule has 1 heterocycles. The van der Waals surface area contributed by atoms with Crippen molar-refractivity contribution in [3.05, 3.63) is 65.2 Å². The van der Waals surface area contributed by atoms with Crippen LogP contribution in [0.1, 0.15) is 62.6 Å². The average molecular weight is 543 g/mol. The topological polar surface area (TPSA) is 105 Å². The maximum Gasteiger partial charge on any atom is 0.416 e. The van der Waals surface area contributed by atoms with E-state index in [-0.39, 0.29) is 11.6 Å². The van der Waals surface area contributed by atoms with Crippen LogP contribution in [0.2, 0.25) is 0 Å². The minimum Gasteiger partial charge on any atom is -0.369 e. The molecule has 3 amide bonds. The van der Waals surface area contributed by atoms with Crippen molar-refractivity contribution < 1.29 is 27.6 Å². The molecule has 2 aromatic rings. The first-order valence-electron chi connectivity index (χ1n) is 13.1. The lowest BCUT2D eigenvalue weighted by Gasteiger charge is -2.38. The van der Waals surface area contributed by atoms with E-state index in [4.69, 9.17) is 5.73 Å². The van der Waals surface area contributed by atoms with E-state index in [2.05, 4.69) is 10.3 Å². The summed E-state index contributed by atoms with van der Waals surface area (Å²) in [5, 5.41) is 2.81. The predicted molar refractivity (Wildman–Crippen MR) is 142 cm³/mol. The molecule has 3 N–H and O–H groups in total. The zero-order valence-electron chi connectivity index (χ0n) is 22.2. The first-order chi connectivity index (χ1) is 18.3. The van der Waals surface area contributed by atoms with Crippen LogP contribution in [-0.2, 0) is 20.6 Å². The van der Waals surface area contributed by atoms with Gasteiger partial charge in [-0.1, -0.05) is 57.0 Å². The number of nitrogens with zero attached hydrogens (tertiary/aromatic N) is 2. The van der Waals surface area contributed by atoms with Crippen LogP contribution in [0.4, 0.5) is 18.9 Å². The molecule has 10 heteroatoms. The third-order valence-electron chi connectivity index (χ3n) is 7.78. The molecule has 2 atom stereocenters. The molecule has 208 valence electrons. The van der Waals surface area contributed by atoms with Gasteiger partial charge in [0, 0.05) is 18.2 Å². The maximum atomic E-state index is 14.0. The van der Waals surface area contributed by atoms with Gasteiger partial charge in [0.05, 0.1) is 28.3 Å². The van der Waals surface area contributed by atoms with Crippen LogP contribution < -0.4 is 11.1 Å². The third-order valence-corrected chi connectivity index (χ3v) is 7.78. The highest BCUT2D eigenvalue weighted by atomic mass is 19.4. The number of fused-ring (bicyclic) bond motifs is 1. The number of primary amides is 1. The van der Waals surface area contributed by atoms with Gasteiger partial charge in [-0.3, -0.25) is 14.4 Å². The molecule has 0 radical (unpaired) electrons. The molecule has 1 fully saturated rings. The molecule has 2 aliphatic rings. The Bertz CT molecular complexity index is 1280. The number of aliphatic imine (C=N–C) groups is 1. The van der Waals surface area contributed by atoms with Crippen LogP contribution >= 0.6 is 0 Å². The van der Waals surface area contributed by atoms with Gasteiger partial charge in [-0.05, 0) is 43.4 Å². The number of hydrogen-bond donors (Lipinski definition) is 2. The number of rotatable bonds is 7. The van der Waals surface area contributed by atoms with Gasteiger partial charge >= 0.3 is 6.18 Å². The highest BCUT2D eigenvalue weighted by Gasteiger charge is 2.51. The van der Waals surface area contributed by atoms with Crippen LogP contribution in [0.3, 0.4) is 0 Å². The zero-order valence-corrected chi connectivity index (χ0v) is 22.2. The largest absolute Gasteiger partial charge is 0.416 e. The van der Waals surface area contributed by atoms with Crippen LogP contribution in [0, 0.1) is 17.3 Å². The molecule has 7 nitrogen and oxygen atoms in total. The monoisotopic (exact) mass is 542 g/mol. The van der Waals surface area contributed by atoms with E-state index < -0.39 is 47.0 Å². The van der Waals surface area contributed by atoms with Crippen molar-refractivity contribution in [1.82, 2.24) is 4.90 Å². The Balaban J connectivity index is 1.78. The van der Waals surface area contributed by atoms with Crippen molar-refractivity contribution in [2.75, 3.05) is 12.4 Å². The van der Waals surface area contributed by atoms with Gasteiger partial charge in [-0.15, -0.1) is 0 Å². The number of para-hydroxylation sites is 1. The van der Waals surface area contributed by atoms with Crippen LogP contribution in [-0.4, -0.2) is 41.5 Å². The van der Waals surface area contributed by atoms with Gasteiger partial charge in [0.25, 0.3) is 5.91 Å². The summed E-state index contributed by atoms with van der Waals surface area (Å²) in [6, 6.07) is 11.3. The Morgan fingerprint density at radius 3 is 2.28 bits per heavy atom. The van der Waals surface area contributed by atoms with Crippen molar-refractivity contribution in [1.29, 1.82) is 0 Å². The van der Waals surface area contributed by atoms with Crippen molar-refractivity contribution in [3.8, 4) is 0 Å². The summed E-state index contributed by atoms with van der Waals surface area (Å²) in [5.74, 6) is -2.14. The zero-order chi connectivity index (χ0) is 28.5. The average Bonchev–Trinajstić information content (AvgIpc) is 3.33. The Morgan fingerprint density at radius 2 is 1.72 bits per heavy atom. The number of alkyl halides is 3. The quantitative estimate of drug-likeness (QED) is 0.515.